The van der Waals surface area contributed by atoms with Crippen LogP contribution in [0.15, 0.2) is 53.0 Å². The van der Waals surface area contributed by atoms with Crippen molar-refractivity contribution in [2.45, 2.75) is 39.0 Å². The minimum absolute atomic E-state index is 0.560. The van der Waals surface area contributed by atoms with Gasteiger partial charge in [0.15, 0.2) is 0 Å². The summed E-state index contributed by atoms with van der Waals surface area (Å²) in [6.07, 6.45) is -3.50. The first kappa shape index (κ1) is 35.0. The van der Waals surface area contributed by atoms with Crippen molar-refractivity contribution >= 4 is 23.1 Å². The number of rotatable bonds is 4. The Kier molecular flexibility index (Phi) is 11.7. The predicted octanol–water partition coefficient (Wildman–Crippen LogP) is 6.04. The van der Waals surface area contributed by atoms with E-state index in [1.165, 1.54) is 22.3 Å². The molecule has 0 atom stereocenters. The second-order valence-corrected chi connectivity index (χ2v) is 9.95. The summed E-state index contributed by atoms with van der Waals surface area (Å²) in [5, 5.41) is 29.7. The Hall–Kier alpha value is -4.50. The van der Waals surface area contributed by atoms with Crippen LogP contribution in [0.3, 0.4) is 0 Å². The summed E-state index contributed by atoms with van der Waals surface area (Å²) >= 11 is 0. The number of carbonyl (C=O) groups is 2. The van der Waals surface area contributed by atoms with Crippen LogP contribution in [0.4, 0.5) is 26.3 Å². The van der Waals surface area contributed by atoms with Gasteiger partial charge in [-0.3, -0.25) is 0 Å². The Morgan fingerprint density at radius 1 is 0.711 bits per heavy atom. The number of halogens is 6. The van der Waals surface area contributed by atoms with Crippen LogP contribution >= 0.6 is 0 Å². The zero-order chi connectivity index (χ0) is 33.4. The van der Waals surface area contributed by atoms with Crippen LogP contribution in [0.5, 0.6) is 0 Å². The van der Waals surface area contributed by atoms with Crippen LogP contribution in [0.1, 0.15) is 35.1 Å². The largest absolute Gasteiger partial charge is 0.490 e. The first-order valence-corrected chi connectivity index (χ1v) is 13.5. The fourth-order valence-corrected chi connectivity index (χ4v) is 4.52. The van der Waals surface area contributed by atoms with Gasteiger partial charge in [0.05, 0.1) is 0 Å². The van der Waals surface area contributed by atoms with Crippen LogP contribution in [0, 0.1) is 13.8 Å². The number of hydrogen-bond acceptors (Lipinski definition) is 7. The summed E-state index contributed by atoms with van der Waals surface area (Å²) in [5.74, 6) is -4.37. The van der Waals surface area contributed by atoms with Crippen molar-refractivity contribution < 1.29 is 50.6 Å². The van der Waals surface area contributed by atoms with E-state index in [0.717, 1.165) is 61.3 Å². The van der Waals surface area contributed by atoms with Gasteiger partial charge in [-0.2, -0.15) is 26.3 Å². The molecule has 0 fully saturated rings. The van der Waals surface area contributed by atoms with E-state index >= 15 is 0 Å². The first-order chi connectivity index (χ1) is 21.1. The maximum atomic E-state index is 10.6. The molecule has 0 aliphatic carbocycles. The van der Waals surface area contributed by atoms with Gasteiger partial charge in [-0.15, -0.1) is 10.2 Å². The number of alkyl halides is 6. The molecule has 15 heteroatoms. The van der Waals surface area contributed by atoms with Crippen LogP contribution in [-0.4, -0.2) is 70.9 Å². The molecule has 1 aromatic heterocycles. The summed E-state index contributed by atoms with van der Waals surface area (Å²) in [5.41, 5.74) is 9.67. The molecule has 9 nitrogen and oxygen atoms in total. The molecule has 0 radical (unpaired) electrons. The number of aromatic nitrogens is 2. The molecular weight excluding hydrogens is 610 g/mol. The van der Waals surface area contributed by atoms with Crippen LogP contribution < -0.4 is 10.6 Å². The number of aliphatic carboxylic acids is 2. The van der Waals surface area contributed by atoms with Gasteiger partial charge in [-0.05, 0) is 85.3 Å². The number of benzene rings is 2. The monoisotopic (exact) mass is 640 g/mol. The molecule has 0 amide bonds. The van der Waals surface area contributed by atoms with Gasteiger partial charge < -0.3 is 25.3 Å². The van der Waals surface area contributed by atoms with E-state index in [9.17, 15) is 26.3 Å². The fraction of sp³-hybridized carbons (Fsp3) is 0.333. The molecule has 0 saturated heterocycles. The van der Waals surface area contributed by atoms with Crippen LogP contribution in [0.25, 0.3) is 34.1 Å². The van der Waals surface area contributed by atoms with Gasteiger partial charge in [0.1, 0.15) is 0 Å². The maximum absolute atomic E-state index is 10.6. The normalized spacial score (nSPS) is 15.0. The number of nitrogens with zero attached hydrogens (tertiary/aromatic N) is 2. The zero-order valence-corrected chi connectivity index (χ0v) is 24.1. The first-order valence-electron chi connectivity index (χ1n) is 13.5. The van der Waals surface area contributed by atoms with Gasteiger partial charge in [0.2, 0.25) is 11.8 Å². The molecule has 0 spiro atoms. The van der Waals surface area contributed by atoms with Crippen molar-refractivity contribution in [1.29, 1.82) is 0 Å². The Labute approximate surface area is 253 Å². The van der Waals surface area contributed by atoms with Crippen molar-refractivity contribution in [3.8, 4) is 22.9 Å². The molecule has 2 aliphatic rings. The average molecular weight is 641 g/mol. The highest BCUT2D eigenvalue weighted by atomic mass is 19.4. The third-order valence-electron chi connectivity index (χ3n) is 6.66. The standard InChI is InChI=1S/C26H28N4O.2C2HF3O2/c1-17-15-23(21-9-13-28-14-10-21)16-18(2)24(17)26-30-29-25(31-26)22-5-3-19(4-6-22)20-7-11-27-12-8-20;2*3-2(4,5)1(6)7/h3-7,9,15-16,27-28H,8,10-14H2,1-2H3;2*(H,6,7). The Morgan fingerprint density at radius 2 is 1.11 bits per heavy atom. The lowest BCUT2D eigenvalue weighted by Gasteiger charge is -2.16. The Balaban J connectivity index is 0.000000331. The molecule has 5 rings (SSSR count). The van der Waals surface area contributed by atoms with Gasteiger partial charge in [-0.1, -0.05) is 36.4 Å². The number of aryl methyl sites for hydroxylation is 2. The van der Waals surface area contributed by atoms with E-state index < -0.39 is 24.3 Å². The topological polar surface area (TPSA) is 138 Å². The number of carboxylic acid groups (broad SMARTS) is 2. The van der Waals surface area contributed by atoms with E-state index in [1.54, 1.807) is 0 Å². The highest BCUT2D eigenvalue weighted by Gasteiger charge is 2.38. The summed E-state index contributed by atoms with van der Waals surface area (Å²) in [6, 6.07) is 12.9. The molecule has 2 aliphatic heterocycles. The van der Waals surface area contributed by atoms with Crippen LogP contribution in [0.2, 0.25) is 0 Å². The number of hydrogen-bond donors (Lipinski definition) is 4. The molecule has 0 bridgehead atoms. The van der Waals surface area contributed by atoms with E-state index in [0.29, 0.717) is 11.8 Å². The highest BCUT2D eigenvalue weighted by Crippen LogP contribution is 2.33. The molecule has 0 unspecified atom stereocenters. The summed E-state index contributed by atoms with van der Waals surface area (Å²) in [6.45, 7) is 8.20. The lowest BCUT2D eigenvalue weighted by atomic mass is 9.93. The lowest BCUT2D eigenvalue weighted by molar-refractivity contribution is -0.193. The van der Waals surface area contributed by atoms with Crippen molar-refractivity contribution in [2.75, 3.05) is 26.2 Å². The second kappa shape index (κ2) is 15.0. The lowest BCUT2D eigenvalue weighted by Crippen LogP contribution is -2.21. The highest BCUT2D eigenvalue weighted by molar-refractivity contribution is 5.75. The van der Waals surface area contributed by atoms with Gasteiger partial charge in [0.25, 0.3) is 0 Å². The second-order valence-electron chi connectivity index (χ2n) is 9.95. The van der Waals surface area contributed by atoms with Crippen molar-refractivity contribution in [1.82, 2.24) is 20.8 Å². The molecule has 4 N–H and O–H groups in total. The van der Waals surface area contributed by atoms with E-state index in [2.05, 4.69) is 83.2 Å². The molecule has 3 aromatic rings. The van der Waals surface area contributed by atoms with E-state index in [1.807, 2.05) is 0 Å². The molecule has 0 saturated carbocycles. The van der Waals surface area contributed by atoms with E-state index in [4.69, 9.17) is 24.2 Å². The zero-order valence-electron chi connectivity index (χ0n) is 24.1. The fourth-order valence-electron chi connectivity index (χ4n) is 4.52. The third kappa shape index (κ3) is 10.0. The maximum Gasteiger partial charge on any atom is 0.490 e. The van der Waals surface area contributed by atoms with Gasteiger partial charge >= 0.3 is 24.3 Å². The number of nitrogens with one attached hydrogen (secondary N) is 2. The molecular formula is C30H30F6N4O5. The van der Waals surface area contributed by atoms with Crippen molar-refractivity contribution in [3.63, 3.8) is 0 Å². The average Bonchev–Trinajstić information content (AvgIpc) is 3.47. The quantitative estimate of drug-likeness (QED) is 0.252. The molecule has 242 valence electrons. The molecule has 3 heterocycles. The Bertz CT molecular complexity index is 1510. The van der Waals surface area contributed by atoms with Crippen molar-refractivity contribution in [3.05, 3.63) is 70.8 Å². The van der Waals surface area contributed by atoms with Gasteiger partial charge in [0, 0.05) is 24.2 Å². The number of carboxylic acids is 2. The molecule has 45 heavy (non-hydrogen) atoms. The van der Waals surface area contributed by atoms with Crippen LogP contribution in [-0.2, 0) is 9.59 Å². The van der Waals surface area contributed by atoms with Crippen molar-refractivity contribution in [2.24, 2.45) is 0 Å². The summed E-state index contributed by atoms with van der Waals surface area (Å²) < 4.78 is 69.6. The Morgan fingerprint density at radius 3 is 1.51 bits per heavy atom. The summed E-state index contributed by atoms with van der Waals surface area (Å²) in [4.78, 5) is 17.8. The SMILES string of the molecule is Cc1cc(C2=CCNCC2)cc(C)c1-c1nnc(-c2ccc(C3=CCNCC3)cc2)o1.O=C(O)C(F)(F)F.O=C(O)C(F)(F)F. The minimum Gasteiger partial charge on any atom is -0.475 e. The summed E-state index contributed by atoms with van der Waals surface area (Å²) in [7, 11) is 0. The predicted molar refractivity (Wildman–Crippen MR) is 153 cm³/mol. The minimum atomic E-state index is -5.08. The smallest absolute Gasteiger partial charge is 0.475 e. The third-order valence-corrected chi connectivity index (χ3v) is 6.66. The molecule has 2 aromatic carbocycles. The van der Waals surface area contributed by atoms with Gasteiger partial charge in [-0.25, -0.2) is 9.59 Å². The van der Waals surface area contributed by atoms with E-state index in [-0.39, 0.29) is 0 Å².